The second-order valence-corrected chi connectivity index (χ2v) is 7.08. The zero-order valence-corrected chi connectivity index (χ0v) is 13.3. The summed E-state index contributed by atoms with van der Waals surface area (Å²) in [6, 6.07) is 0.683. The maximum Gasteiger partial charge on any atom is 0.00390 e. The number of rotatable bonds is 6. The summed E-state index contributed by atoms with van der Waals surface area (Å²) in [6.07, 6.45) is 5.44. The Hall–Kier alpha value is -0.0800. The van der Waals surface area contributed by atoms with Crippen molar-refractivity contribution in [2.45, 2.75) is 66.3 Å². The molecule has 18 heavy (non-hydrogen) atoms. The van der Waals surface area contributed by atoms with Gasteiger partial charge in [0.25, 0.3) is 0 Å². The second kappa shape index (κ2) is 7.49. The van der Waals surface area contributed by atoms with E-state index in [1.165, 1.54) is 45.3 Å². The van der Waals surface area contributed by atoms with Crippen LogP contribution < -0.4 is 5.32 Å². The van der Waals surface area contributed by atoms with Crippen LogP contribution in [-0.4, -0.2) is 37.1 Å². The first kappa shape index (κ1) is 16.0. The summed E-state index contributed by atoms with van der Waals surface area (Å²) in [4.78, 5) is 2.67. The molecular weight excluding hydrogens is 220 g/mol. The molecule has 0 spiro atoms. The summed E-state index contributed by atoms with van der Waals surface area (Å²) in [5.41, 5.74) is 0.506. The van der Waals surface area contributed by atoms with Gasteiger partial charge in [-0.15, -0.1) is 0 Å². The highest BCUT2D eigenvalue weighted by atomic mass is 15.1. The minimum absolute atomic E-state index is 0.506. The fraction of sp³-hybridized carbons (Fsp3) is 1.00. The highest BCUT2D eigenvalue weighted by Gasteiger charge is 2.28. The van der Waals surface area contributed by atoms with Gasteiger partial charge in [0.15, 0.2) is 0 Å². The Morgan fingerprint density at radius 3 is 2.33 bits per heavy atom. The van der Waals surface area contributed by atoms with Crippen molar-refractivity contribution in [3.05, 3.63) is 0 Å². The molecule has 1 atom stereocenters. The molecule has 1 heterocycles. The molecule has 1 fully saturated rings. The summed E-state index contributed by atoms with van der Waals surface area (Å²) in [7, 11) is 0. The Morgan fingerprint density at radius 1 is 1.22 bits per heavy atom. The topological polar surface area (TPSA) is 15.3 Å². The molecule has 0 aromatic heterocycles. The van der Waals surface area contributed by atoms with Gasteiger partial charge in [0.1, 0.15) is 0 Å². The molecule has 0 aromatic rings. The molecule has 1 saturated heterocycles. The zero-order valence-electron chi connectivity index (χ0n) is 13.3. The first-order valence-electron chi connectivity index (χ1n) is 7.89. The van der Waals surface area contributed by atoms with Crippen LogP contribution in [0, 0.1) is 11.3 Å². The molecule has 2 heteroatoms. The normalized spacial score (nSPS) is 21.2. The number of nitrogens with one attached hydrogen (secondary N) is 1. The van der Waals surface area contributed by atoms with Crippen molar-refractivity contribution in [1.82, 2.24) is 10.2 Å². The standard InChI is InChI=1S/C16H34N2/c1-6-17-14(2)8-7-11-18-12-9-15(10-13-18)16(3,4)5/h14-15,17H,6-13H2,1-5H3. The van der Waals surface area contributed by atoms with Crippen LogP contribution in [0.15, 0.2) is 0 Å². The van der Waals surface area contributed by atoms with Crippen LogP contribution in [0.2, 0.25) is 0 Å². The molecule has 0 aromatic carbocycles. The fourth-order valence-electron chi connectivity index (χ4n) is 3.09. The summed E-state index contributed by atoms with van der Waals surface area (Å²) in [5.74, 6) is 0.925. The lowest BCUT2D eigenvalue weighted by molar-refractivity contribution is 0.111. The van der Waals surface area contributed by atoms with E-state index in [2.05, 4.69) is 44.8 Å². The van der Waals surface area contributed by atoms with Gasteiger partial charge >= 0.3 is 0 Å². The number of hydrogen-bond acceptors (Lipinski definition) is 2. The predicted molar refractivity (Wildman–Crippen MR) is 81.0 cm³/mol. The van der Waals surface area contributed by atoms with E-state index in [0.29, 0.717) is 11.5 Å². The third-order valence-electron chi connectivity index (χ3n) is 4.48. The predicted octanol–water partition coefficient (Wildman–Crippen LogP) is 3.52. The van der Waals surface area contributed by atoms with Crippen molar-refractivity contribution in [2.24, 2.45) is 11.3 Å². The number of piperidine rings is 1. The molecule has 1 aliphatic heterocycles. The van der Waals surface area contributed by atoms with Crippen molar-refractivity contribution >= 4 is 0 Å². The van der Waals surface area contributed by atoms with E-state index in [-0.39, 0.29) is 0 Å². The van der Waals surface area contributed by atoms with Gasteiger partial charge in [-0.2, -0.15) is 0 Å². The summed E-state index contributed by atoms with van der Waals surface area (Å²) >= 11 is 0. The molecule has 0 bridgehead atoms. The Kier molecular flexibility index (Phi) is 6.65. The summed E-state index contributed by atoms with van der Waals surface area (Å²) in [5, 5.41) is 3.49. The van der Waals surface area contributed by atoms with Crippen LogP contribution in [0.3, 0.4) is 0 Å². The van der Waals surface area contributed by atoms with E-state index in [0.717, 1.165) is 12.5 Å². The number of nitrogens with zero attached hydrogens (tertiary/aromatic N) is 1. The second-order valence-electron chi connectivity index (χ2n) is 7.08. The van der Waals surface area contributed by atoms with Gasteiger partial charge in [-0.25, -0.2) is 0 Å². The molecule has 1 unspecified atom stereocenters. The lowest BCUT2D eigenvalue weighted by atomic mass is 9.75. The fourth-order valence-corrected chi connectivity index (χ4v) is 3.09. The average Bonchev–Trinajstić information content (AvgIpc) is 2.29. The molecule has 0 saturated carbocycles. The van der Waals surface area contributed by atoms with Crippen molar-refractivity contribution in [2.75, 3.05) is 26.2 Å². The van der Waals surface area contributed by atoms with Gasteiger partial charge in [0.2, 0.25) is 0 Å². The van der Waals surface area contributed by atoms with E-state index < -0.39 is 0 Å². The Bertz CT molecular complexity index is 212. The minimum atomic E-state index is 0.506. The van der Waals surface area contributed by atoms with Crippen LogP contribution in [-0.2, 0) is 0 Å². The van der Waals surface area contributed by atoms with Gasteiger partial charge in [-0.05, 0) is 70.1 Å². The van der Waals surface area contributed by atoms with Crippen LogP contribution >= 0.6 is 0 Å². The third-order valence-corrected chi connectivity index (χ3v) is 4.48. The largest absolute Gasteiger partial charge is 0.315 e. The Labute approximate surface area is 115 Å². The van der Waals surface area contributed by atoms with Gasteiger partial charge in [0.05, 0.1) is 0 Å². The van der Waals surface area contributed by atoms with Crippen LogP contribution in [0.25, 0.3) is 0 Å². The van der Waals surface area contributed by atoms with E-state index in [1.54, 1.807) is 0 Å². The average molecular weight is 254 g/mol. The van der Waals surface area contributed by atoms with Crippen LogP contribution in [0.1, 0.15) is 60.3 Å². The Balaban J connectivity index is 2.13. The minimum Gasteiger partial charge on any atom is -0.315 e. The van der Waals surface area contributed by atoms with E-state index in [1.807, 2.05) is 0 Å². The third kappa shape index (κ3) is 5.71. The SMILES string of the molecule is CCNC(C)CCCN1CCC(C(C)(C)C)CC1. The molecule has 1 aliphatic rings. The molecular formula is C16H34N2. The molecule has 0 aliphatic carbocycles. The van der Waals surface area contributed by atoms with Crippen LogP contribution in [0.5, 0.6) is 0 Å². The highest BCUT2D eigenvalue weighted by Crippen LogP contribution is 2.34. The molecule has 0 radical (unpaired) electrons. The maximum atomic E-state index is 3.49. The monoisotopic (exact) mass is 254 g/mol. The van der Waals surface area contributed by atoms with Gasteiger partial charge in [-0.1, -0.05) is 27.7 Å². The molecule has 0 amide bonds. The highest BCUT2D eigenvalue weighted by molar-refractivity contribution is 4.80. The first-order chi connectivity index (χ1) is 8.43. The molecule has 1 rings (SSSR count). The van der Waals surface area contributed by atoms with Gasteiger partial charge < -0.3 is 10.2 Å². The number of hydrogen-bond donors (Lipinski definition) is 1. The van der Waals surface area contributed by atoms with E-state index >= 15 is 0 Å². The van der Waals surface area contributed by atoms with E-state index in [9.17, 15) is 0 Å². The Morgan fingerprint density at radius 2 is 1.83 bits per heavy atom. The summed E-state index contributed by atoms with van der Waals surface area (Å²) < 4.78 is 0. The van der Waals surface area contributed by atoms with E-state index in [4.69, 9.17) is 0 Å². The molecule has 2 nitrogen and oxygen atoms in total. The lowest BCUT2D eigenvalue weighted by Crippen LogP contribution is -2.38. The van der Waals surface area contributed by atoms with Crippen molar-refractivity contribution in [1.29, 1.82) is 0 Å². The number of likely N-dealkylation sites (tertiary alicyclic amines) is 1. The first-order valence-corrected chi connectivity index (χ1v) is 7.89. The van der Waals surface area contributed by atoms with Crippen molar-refractivity contribution < 1.29 is 0 Å². The lowest BCUT2D eigenvalue weighted by Gasteiger charge is -2.38. The zero-order chi connectivity index (χ0) is 13.6. The molecule has 1 N–H and O–H groups in total. The summed E-state index contributed by atoms with van der Waals surface area (Å²) in [6.45, 7) is 16.7. The van der Waals surface area contributed by atoms with Crippen molar-refractivity contribution in [3.8, 4) is 0 Å². The smallest absolute Gasteiger partial charge is 0.00390 e. The van der Waals surface area contributed by atoms with Crippen molar-refractivity contribution in [3.63, 3.8) is 0 Å². The van der Waals surface area contributed by atoms with Gasteiger partial charge in [-0.3, -0.25) is 0 Å². The van der Waals surface area contributed by atoms with Gasteiger partial charge in [0, 0.05) is 6.04 Å². The maximum absolute atomic E-state index is 3.49. The molecule has 108 valence electrons. The quantitative estimate of drug-likeness (QED) is 0.780. The van der Waals surface area contributed by atoms with Crippen LogP contribution in [0.4, 0.5) is 0 Å².